The van der Waals surface area contributed by atoms with Crippen molar-refractivity contribution in [2.24, 2.45) is 0 Å². The van der Waals surface area contributed by atoms with Crippen LogP contribution in [0.4, 0.5) is 0 Å². The van der Waals surface area contributed by atoms with E-state index < -0.39 is 16.0 Å². The van der Waals surface area contributed by atoms with Crippen LogP contribution in [0.2, 0.25) is 0 Å². The number of ether oxygens (including phenoxy) is 1. The summed E-state index contributed by atoms with van der Waals surface area (Å²) in [5.41, 5.74) is 0. The summed E-state index contributed by atoms with van der Waals surface area (Å²) in [6.45, 7) is 3.17. The molecule has 0 aliphatic carbocycles. The molecule has 0 aliphatic heterocycles. The summed E-state index contributed by atoms with van der Waals surface area (Å²) < 4.78 is 27.7. The molecule has 0 aromatic carbocycles. The number of nitrogens with zero attached hydrogens (tertiary/aromatic N) is 1. The average molecular weight is 209 g/mol. The van der Waals surface area contributed by atoms with Crippen LogP contribution < -0.4 is 0 Å². The Hall–Kier alpha value is -0.620. The quantitative estimate of drug-likeness (QED) is 0.603. The second-order valence-electron chi connectivity index (χ2n) is 2.98. The Morgan fingerprint density at radius 2 is 1.92 bits per heavy atom. The normalized spacial score (nSPS) is 12.2. The van der Waals surface area contributed by atoms with Crippen LogP contribution in [0.25, 0.3) is 0 Å². The van der Waals surface area contributed by atoms with Gasteiger partial charge in [0.2, 0.25) is 10.0 Å². The van der Waals surface area contributed by atoms with E-state index in [1.54, 1.807) is 13.8 Å². The van der Waals surface area contributed by atoms with Crippen LogP contribution in [0.1, 0.15) is 13.8 Å². The standard InChI is InChI=1S/C7H15NO4S/c1-6(2)8(13(4,10)11)5-7(9)12-3/h6H,5H2,1-4H3. The van der Waals surface area contributed by atoms with Gasteiger partial charge in [0.05, 0.1) is 13.4 Å². The van der Waals surface area contributed by atoms with Crippen molar-refractivity contribution in [3.63, 3.8) is 0 Å². The maximum atomic E-state index is 11.1. The molecule has 0 aromatic rings. The maximum Gasteiger partial charge on any atom is 0.321 e. The van der Waals surface area contributed by atoms with Gasteiger partial charge in [-0.05, 0) is 13.8 Å². The summed E-state index contributed by atoms with van der Waals surface area (Å²) in [4.78, 5) is 10.8. The van der Waals surface area contributed by atoms with Crippen LogP contribution in [0.3, 0.4) is 0 Å². The van der Waals surface area contributed by atoms with Crippen LogP contribution in [-0.2, 0) is 19.6 Å². The molecule has 0 unspecified atom stereocenters. The molecule has 0 saturated carbocycles. The first kappa shape index (κ1) is 12.4. The van der Waals surface area contributed by atoms with E-state index in [9.17, 15) is 13.2 Å². The fraction of sp³-hybridized carbons (Fsp3) is 0.857. The molecule has 0 aromatic heterocycles. The maximum absolute atomic E-state index is 11.1. The Morgan fingerprint density at radius 1 is 1.46 bits per heavy atom. The second kappa shape index (κ2) is 4.57. The van der Waals surface area contributed by atoms with E-state index in [1.807, 2.05) is 0 Å². The van der Waals surface area contributed by atoms with Crippen molar-refractivity contribution in [3.8, 4) is 0 Å². The molecule has 0 atom stereocenters. The molecule has 78 valence electrons. The van der Waals surface area contributed by atoms with E-state index >= 15 is 0 Å². The first-order valence-corrected chi connectivity index (χ1v) is 5.67. The first-order chi connectivity index (χ1) is 5.79. The monoisotopic (exact) mass is 209 g/mol. The molecule has 0 saturated heterocycles. The number of hydrogen-bond acceptors (Lipinski definition) is 4. The fourth-order valence-electron chi connectivity index (χ4n) is 0.875. The van der Waals surface area contributed by atoms with Gasteiger partial charge in [0, 0.05) is 6.04 Å². The van der Waals surface area contributed by atoms with E-state index in [4.69, 9.17) is 0 Å². The molecule has 0 aliphatic rings. The average Bonchev–Trinajstić information content (AvgIpc) is 1.96. The van der Waals surface area contributed by atoms with Crippen LogP contribution >= 0.6 is 0 Å². The Balaban J connectivity index is 4.56. The van der Waals surface area contributed by atoms with Crippen molar-refractivity contribution < 1.29 is 17.9 Å². The molecule has 0 radical (unpaired) electrons. The van der Waals surface area contributed by atoms with Crippen molar-refractivity contribution in [2.45, 2.75) is 19.9 Å². The number of esters is 1. The van der Waals surface area contributed by atoms with Crippen molar-refractivity contribution in [1.82, 2.24) is 4.31 Å². The molecule has 0 spiro atoms. The van der Waals surface area contributed by atoms with Crippen molar-refractivity contribution in [3.05, 3.63) is 0 Å². The molecule has 13 heavy (non-hydrogen) atoms. The van der Waals surface area contributed by atoms with E-state index in [2.05, 4.69) is 4.74 Å². The summed E-state index contributed by atoms with van der Waals surface area (Å²) in [5, 5.41) is 0. The third-order valence-electron chi connectivity index (χ3n) is 1.51. The summed E-state index contributed by atoms with van der Waals surface area (Å²) in [7, 11) is -2.11. The van der Waals surface area contributed by atoms with Gasteiger partial charge in [0.1, 0.15) is 6.54 Å². The van der Waals surface area contributed by atoms with Gasteiger partial charge < -0.3 is 4.74 Å². The van der Waals surface area contributed by atoms with E-state index in [1.165, 1.54) is 7.11 Å². The van der Waals surface area contributed by atoms with Crippen LogP contribution in [0.15, 0.2) is 0 Å². The highest BCUT2D eigenvalue weighted by molar-refractivity contribution is 7.88. The number of carbonyl (C=O) groups is 1. The molecule has 5 nitrogen and oxygen atoms in total. The van der Waals surface area contributed by atoms with Gasteiger partial charge in [0.25, 0.3) is 0 Å². The summed E-state index contributed by atoms with van der Waals surface area (Å²) in [5.74, 6) is -0.556. The third-order valence-corrected chi connectivity index (χ3v) is 2.92. The highest BCUT2D eigenvalue weighted by Gasteiger charge is 2.23. The SMILES string of the molecule is COC(=O)CN(C(C)C)S(C)(=O)=O. The highest BCUT2D eigenvalue weighted by atomic mass is 32.2. The molecule has 0 rings (SSSR count). The number of rotatable bonds is 4. The van der Waals surface area contributed by atoms with Gasteiger partial charge in [0.15, 0.2) is 0 Å². The van der Waals surface area contributed by atoms with Gasteiger partial charge >= 0.3 is 5.97 Å². The lowest BCUT2D eigenvalue weighted by Crippen LogP contribution is -2.40. The molecule has 0 heterocycles. The van der Waals surface area contributed by atoms with Crippen molar-refractivity contribution >= 4 is 16.0 Å². The van der Waals surface area contributed by atoms with Crippen LogP contribution in [0, 0.1) is 0 Å². The Morgan fingerprint density at radius 3 is 2.15 bits per heavy atom. The smallest absolute Gasteiger partial charge is 0.321 e. The lowest BCUT2D eigenvalue weighted by Gasteiger charge is -2.22. The zero-order chi connectivity index (χ0) is 10.6. The Labute approximate surface area is 78.7 Å². The molecule has 0 bridgehead atoms. The highest BCUT2D eigenvalue weighted by Crippen LogP contribution is 2.04. The van der Waals surface area contributed by atoms with E-state index in [-0.39, 0.29) is 12.6 Å². The molecule has 0 amide bonds. The zero-order valence-corrected chi connectivity index (χ0v) is 9.09. The summed E-state index contributed by atoms with van der Waals surface area (Å²) in [6, 6.07) is -0.242. The molecule has 0 fully saturated rings. The third kappa shape index (κ3) is 4.23. The van der Waals surface area contributed by atoms with Crippen LogP contribution in [0.5, 0.6) is 0 Å². The van der Waals surface area contributed by atoms with Gasteiger partial charge in [-0.15, -0.1) is 0 Å². The molecular formula is C7H15NO4S. The predicted molar refractivity (Wildman–Crippen MR) is 48.7 cm³/mol. The van der Waals surface area contributed by atoms with Gasteiger partial charge in [-0.3, -0.25) is 4.79 Å². The Bertz CT molecular complexity index is 270. The summed E-state index contributed by atoms with van der Waals surface area (Å²) in [6.07, 6.45) is 1.07. The van der Waals surface area contributed by atoms with Crippen molar-refractivity contribution in [1.29, 1.82) is 0 Å². The first-order valence-electron chi connectivity index (χ1n) is 3.82. The number of sulfonamides is 1. The van der Waals surface area contributed by atoms with Gasteiger partial charge in [-0.1, -0.05) is 0 Å². The number of carbonyl (C=O) groups excluding carboxylic acids is 1. The lowest BCUT2D eigenvalue weighted by molar-refractivity contribution is -0.141. The molecule has 6 heteroatoms. The molecular weight excluding hydrogens is 194 g/mol. The minimum atomic E-state index is -3.34. The summed E-state index contributed by atoms with van der Waals surface area (Å²) >= 11 is 0. The Kier molecular flexibility index (Phi) is 4.35. The topological polar surface area (TPSA) is 63.7 Å². The van der Waals surface area contributed by atoms with Gasteiger partial charge in [-0.2, -0.15) is 4.31 Å². The number of hydrogen-bond donors (Lipinski definition) is 0. The fourth-order valence-corrected chi connectivity index (χ4v) is 1.98. The van der Waals surface area contributed by atoms with Crippen LogP contribution in [-0.4, -0.2) is 44.6 Å². The number of methoxy groups -OCH3 is 1. The second-order valence-corrected chi connectivity index (χ2v) is 4.91. The minimum absolute atomic E-state index is 0.229. The zero-order valence-electron chi connectivity index (χ0n) is 8.27. The lowest BCUT2D eigenvalue weighted by atomic mass is 10.4. The largest absolute Gasteiger partial charge is 0.468 e. The minimum Gasteiger partial charge on any atom is -0.468 e. The predicted octanol–water partition coefficient (Wildman–Crippen LogP) is -0.171. The van der Waals surface area contributed by atoms with Gasteiger partial charge in [-0.25, -0.2) is 8.42 Å². The van der Waals surface area contributed by atoms with E-state index in [0.717, 1.165) is 10.6 Å². The van der Waals surface area contributed by atoms with E-state index in [0.29, 0.717) is 0 Å². The molecule has 0 N–H and O–H groups in total. The van der Waals surface area contributed by atoms with Crippen molar-refractivity contribution in [2.75, 3.05) is 19.9 Å².